The van der Waals surface area contributed by atoms with E-state index in [0.29, 0.717) is 19.3 Å². The molecule has 2 amide bonds. The van der Waals surface area contributed by atoms with Gasteiger partial charge in [-0.15, -0.1) is 0 Å². The van der Waals surface area contributed by atoms with Crippen LogP contribution in [0.3, 0.4) is 0 Å². The van der Waals surface area contributed by atoms with Gasteiger partial charge in [0.25, 0.3) is 0 Å². The number of carboxylic acid groups (broad SMARTS) is 1. The molecular formula is C17H25N4O4. The van der Waals surface area contributed by atoms with E-state index in [1.165, 1.54) is 0 Å². The molecular weight excluding hydrogens is 324 g/mol. The molecule has 1 aromatic rings. The SMILES string of the molecule is [NH]CCCCC(N)C(=O)NC(Cc1ccccc1)C(=O)NCC(=O)O. The van der Waals surface area contributed by atoms with Gasteiger partial charge < -0.3 is 21.5 Å². The summed E-state index contributed by atoms with van der Waals surface area (Å²) in [5, 5.41) is 13.6. The number of carboxylic acids is 1. The van der Waals surface area contributed by atoms with Crippen molar-refractivity contribution in [2.75, 3.05) is 13.1 Å². The van der Waals surface area contributed by atoms with Gasteiger partial charge in [-0.2, -0.15) is 0 Å². The Labute approximate surface area is 147 Å². The van der Waals surface area contributed by atoms with Crippen molar-refractivity contribution in [1.29, 1.82) is 0 Å². The van der Waals surface area contributed by atoms with Crippen LogP contribution in [-0.2, 0) is 20.8 Å². The zero-order chi connectivity index (χ0) is 18.7. The third kappa shape index (κ3) is 8.27. The molecule has 0 fully saturated rings. The summed E-state index contributed by atoms with van der Waals surface area (Å²) >= 11 is 0. The Kier molecular flexibility index (Phi) is 9.20. The molecule has 1 aromatic carbocycles. The fourth-order valence-corrected chi connectivity index (χ4v) is 2.24. The summed E-state index contributed by atoms with van der Waals surface area (Å²) in [4.78, 5) is 35.0. The van der Waals surface area contributed by atoms with Gasteiger partial charge >= 0.3 is 5.97 Å². The van der Waals surface area contributed by atoms with E-state index in [1.807, 2.05) is 30.3 Å². The van der Waals surface area contributed by atoms with Crippen LogP contribution < -0.4 is 22.1 Å². The normalized spacial score (nSPS) is 12.9. The second-order valence-corrected chi connectivity index (χ2v) is 5.71. The average molecular weight is 349 g/mol. The first kappa shape index (κ1) is 20.6. The van der Waals surface area contributed by atoms with Crippen LogP contribution >= 0.6 is 0 Å². The molecule has 25 heavy (non-hydrogen) atoms. The molecule has 2 atom stereocenters. The fraction of sp³-hybridized carbons (Fsp3) is 0.471. The van der Waals surface area contributed by atoms with Crippen LogP contribution in [0.1, 0.15) is 24.8 Å². The first-order chi connectivity index (χ1) is 11.9. The quantitative estimate of drug-likeness (QED) is 0.405. The van der Waals surface area contributed by atoms with Crippen molar-refractivity contribution < 1.29 is 19.5 Å². The number of carbonyl (C=O) groups excluding carboxylic acids is 2. The first-order valence-electron chi connectivity index (χ1n) is 8.18. The van der Waals surface area contributed by atoms with Crippen LogP contribution in [0.5, 0.6) is 0 Å². The highest BCUT2D eigenvalue weighted by molar-refractivity contribution is 5.91. The molecule has 8 nitrogen and oxygen atoms in total. The maximum Gasteiger partial charge on any atom is 0.322 e. The summed E-state index contributed by atoms with van der Waals surface area (Å²) in [6.07, 6.45) is 1.98. The van der Waals surface area contributed by atoms with E-state index in [2.05, 4.69) is 10.6 Å². The Balaban J connectivity index is 2.70. The maximum absolute atomic E-state index is 12.2. The Hall–Kier alpha value is -2.45. The maximum atomic E-state index is 12.2. The minimum absolute atomic E-state index is 0.234. The standard InChI is InChI=1S/C17H25N4O4/c18-9-5-4-8-13(19)16(24)21-14(17(25)20-11-15(22)23)10-12-6-2-1-3-7-12/h1-3,6-7,13-14,18H,4-5,8-11,19H2,(H,20,25)(H,21,24)(H,22,23). The van der Waals surface area contributed by atoms with E-state index in [0.717, 1.165) is 5.56 Å². The highest BCUT2D eigenvalue weighted by atomic mass is 16.4. The highest BCUT2D eigenvalue weighted by Gasteiger charge is 2.24. The number of rotatable bonds is 11. The molecule has 1 rings (SSSR count). The van der Waals surface area contributed by atoms with Crippen molar-refractivity contribution in [2.24, 2.45) is 5.73 Å². The van der Waals surface area contributed by atoms with Gasteiger partial charge in [-0.05, 0) is 18.4 Å². The molecule has 0 saturated heterocycles. The lowest BCUT2D eigenvalue weighted by Gasteiger charge is -2.20. The fourth-order valence-electron chi connectivity index (χ4n) is 2.24. The van der Waals surface area contributed by atoms with Crippen molar-refractivity contribution in [3.05, 3.63) is 35.9 Å². The number of nitrogens with one attached hydrogen (secondary N) is 3. The van der Waals surface area contributed by atoms with E-state index in [1.54, 1.807) is 0 Å². The zero-order valence-electron chi connectivity index (χ0n) is 14.0. The zero-order valence-corrected chi connectivity index (χ0v) is 14.0. The van der Waals surface area contributed by atoms with Crippen molar-refractivity contribution in [3.63, 3.8) is 0 Å². The smallest absolute Gasteiger partial charge is 0.322 e. The summed E-state index contributed by atoms with van der Waals surface area (Å²) < 4.78 is 0. The molecule has 0 saturated carbocycles. The number of amides is 2. The number of aliphatic carboxylic acids is 1. The first-order valence-corrected chi connectivity index (χ1v) is 8.18. The average Bonchev–Trinajstić information content (AvgIpc) is 2.60. The predicted octanol–water partition coefficient (Wildman–Crippen LogP) is -0.305. The summed E-state index contributed by atoms with van der Waals surface area (Å²) in [5.74, 6) is -2.19. The van der Waals surface area contributed by atoms with Crippen LogP contribution in [0.4, 0.5) is 0 Å². The molecule has 0 bridgehead atoms. The lowest BCUT2D eigenvalue weighted by atomic mass is 10.0. The molecule has 6 N–H and O–H groups in total. The van der Waals surface area contributed by atoms with Gasteiger partial charge in [-0.25, -0.2) is 0 Å². The number of nitrogens with two attached hydrogens (primary N) is 1. The molecule has 8 heteroatoms. The largest absolute Gasteiger partial charge is 0.480 e. The molecule has 0 aliphatic rings. The molecule has 137 valence electrons. The van der Waals surface area contributed by atoms with E-state index in [9.17, 15) is 14.4 Å². The summed E-state index contributed by atoms with van der Waals surface area (Å²) in [6.45, 7) is -0.238. The minimum Gasteiger partial charge on any atom is -0.480 e. The third-order valence-electron chi connectivity index (χ3n) is 3.61. The van der Waals surface area contributed by atoms with Gasteiger partial charge in [0.05, 0.1) is 6.04 Å². The molecule has 0 aliphatic carbocycles. The molecule has 0 heterocycles. The monoisotopic (exact) mass is 349 g/mol. The van der Waals surface area contributed by atoms with Crippen LogP contribution in [0.15, 0.2) is 30.3 Å². The van der Waals surface area contributed by atoms with E-state index in [4.69, 9.17) is 16.6 Å². The molecule has 0 aliphatic heterocycles. The highest BCUT2D eigenvalue weighted by Crippen LogP contribution is 2.05. The van der Waals surface area contributed by atoms with Gasteiger partial charge in [-0.1, -0.05) is 36.8 Å². The third-order valence-corrected chi connectivity index (χ3v) is 3.61. The number of benzene rings is 1. The van der Waals surface area contributed by atoms with Crippen molar-refractivity contribution in [2.45, 2.75) is 37.8 Å². The number of carbonyl (C=O) groups is 3. The van der Waals surface area contributed by atoms with Crippen LogP contribution in [0, 0.1) is 0 Å². The number of hydrogen-bond acceptors (Lipinski definition) is 4. The Bertz CT molecular complexity index is 565. The second-order valence-electron chi connectivity index (χ2n) is 5.71. The number of unbranched alkanes of at least 4 members (excludes halogenated alkanes) is 1. The van der Waals surface area contributed by atoms with Crippen molar-refractivity contribution >= 4 is 17.8 Å². The van der Waals surface area contributed by atoms with Crippen LogP contribution in [-0.4, -0.2) is 48.1 Å². The molecule has 2 unspecified atom stereocenters. The minimum atomic E-state index is -1.16. The molecule has 1 radical (unpaired) electrons. The topological polar surface area (TPSA) is 145 Å². The predicted molar refractivity (Wildman–Crippen MR) is 92.5 cm³/mol. The van der Waals surface area contributed by atoms with Crippen molar-refractivity contribution in [1.82, 2.24) is 16.4 Å². The van der Waals surface area contributed by atoms with E-state index >= 15 is 0 Å². The summed E-state index contributed by atoms with van der Waals surface area (Å²) in [6, 6.07) is 7.43. The molecule has 0 aromatic heterocycles. The Morgan fingerprint density at radius 3 is 2.40 bits per heavy atom. The lowest BCUT2D eigenvalue weighted by molar-refractivity contribution is -0.138. The summed E-state index contributed by atoms with van der Waals surface area (Å²) in [5.41, 5.74) is 13.7. The Morgan fingerprint density at radius 2 is 1.80 bits per heavy atom. The van der Waals surface area contributed by atoms with Gasteiger partial charge in [0, 0.05) is 13.0 Å². The van der Waals surface area contributed by atoms with Gasteiger partial charge in [0.15, 0.2) is 0 Å². The van der Waals surface area contributed by atoms with Gasteiger partial charge in [0.2, 0.25) is 11.8 Å². The van der Waals surface area contributed by atoms with Crippen LogP contribution in [0.25, 0.3) is 0 Å². The summed E-state index contributed by atoms with van der Waals surface area (Å²) in [7, 11) is 0. The van der Waals surface area contributed by atoms with E-state index < -0.39 is 36.4 Å². The Morgan fingerprint density at radius 1 is 1.12 bits per heavy atom. The van der Waals surface area contributed by atoms with Gasteiger partial charge in [-0.3, -0.25) is 20.1 Å². The second kappa shape index (κ2) is 11.2. The van der Waals surface area contributed by atoms with E-state index in [-0.39, 0.29) is 13.0 Å². The van der Waals surface area contributed by atoms with Crippen molar-refractivity contribution in [3.8, 4) is 0 Å². The lowest BCUT2D eigenvalue weighted by Crippen LogP contribution is -2.53. The van der Waals surface area contributed by atoms with Gasteiger partial charge in [0.1, 0.15) is 12.6 Å². The number of hydrogen-bond donors (Lipinski definition) is 4. The molecule has 0 spiro atoms. The van der Waals surface area contributed by atoms with Crippen LogP contribution in [0.2, 0.25) is 0 Å².